The van der Waals surface area contributed by atoms with Gasteiger partial charge in [-0.15, -0.1) is 0 Å². The third-order valence-corrected chi connectivity index (χ3v) is 2.42. The average Bonchev–Trinajstić information content (AvgIpc) is 2.36. The summed E-state index contributed by atoms with van der Waals surface area (Å²) in [5, 5.41) is 20.1. The second-order valence-electron chi connectivity index (χ2n) is 3.87. The van der Waals surface area contributed by atoms with Crippen LogP contribution in [0.4, 0.5) is 0 Å². The van der Waals surface area contributed by atoms with Gasteiger partial charge >= 0.3 is 0 Å². The van der Waals surface area contributed by atoms with Crippen LogP contribution in [0.2, 0.25) is 0 Å². The van der Waals surface area contributed by atoms with Gasteiger partial charge in [0.25, 0.3) is 0 Å². The van der Waals surface area contributed by atoms with Crippen molar-refractivity contribution in [3.05, 3.63) is 35.9 Å². The highest BCUT2D eigenvalue weighted by atomic mass is 16.3. The Kier molecular flexibility index (Phi) is 5.62. The van der Waals surface area contributed by atoms with E-state index in [1.54, 1.807) is 0 Å². The molecule has 1 aromatic carbocycles. The van der Waals surface area contributed by atoms with Crippen LogP contribution in [0.3, 0.4) is 0 Å². The predicted molar refractivity (Wildman–Crippen MR) is 64.2 cm³/mol. The quantitative estimate of drug-likeness (QED) is 0.512. The maximum Gasteiger partial charge on any atom is 0.237 e. The van der Waals surface area contributed by atoms with E-state index in [9.17, 15) is 4.79 Å². The van der Waals surface area contributed by atoms with E-state index in [0.717, 1.165) is 5.56 Å². The van der Waals surface area contributed by atoms with Crippen molar-refractivity contribution in [3.8, 4) is 0 Å². The molecule has 0 fully saturated rings. The molecule has 5 heteroatoms. The van der Waals surface area contributed by atoms with Gasteiger partial charge in [0.05, 0.1) is 25.3 Å². The molecule has 17 heavy (non-hydrogen) atoms. The molecule has 0 aliphatic carbocycles. The van der Waals surface area contributed by atoms with Gasteiger partial charge in [-0.3, -0.25) is 4.79 Å². The Morgan fingerprint density at radius 1 is 1.24 bits per heavy atom. The first-order valence-corrected chi connectivity index (χ1v) is 5.49. The molecule has 1 aromatic rings. The van der Waals surface area contributed by atoms with Gasteiger partial charge in [-0.1, -0.05) is 30.3 Å². The molecule has 0 heterocycles. The summed E-state index contributed by atoms with van der Waals surface area (Å²) >= 11 is 0. The summed E-state index contributed by atoms with van der Waals surface area (Å²) in [5.41, 5.74) is 6.70. The van der Waals surface area contributed by atoms with Crippen molar-refractivity contribution >= 4 is 5.91 Å². The van der Waals surface area contributed by atoms with Crippen molar-refractivity contribution in [2.24, 2.45) is 5.73 Å². The Hall–Kier alpha value is -1.43. The maximum absolute atomic E-state index is 11.6. The van der Waals surface area contributed by atoms with Gasteiger partial charge in [-0.25, -0.2) is 0 Å². The highest BCUT2D eigenvalue weighted by Gasteiger charge is 2.17. The van der Waals surface area contributed by atoms with Crippen LogP contribution in [-0.2, 0) is 11.2 Å². The Bertz CT molecular complexity index is 339. The Morgan fingerprint density at radius 3 is 2.35 bits per heavy atom. The molecule has 0 unspecified atom stereocenters. The number of nitrogens with two attached hydrogens (primary N) is 1. The van der Waals surface area contributed by atoms with E-state index >= 15 is 0 Å². The summed E-state index contributed by atoms with van der Waals surface area (Å²) in [6.07, 6.45) is 0.427. The molecule has 0 aliphatic heterocycles. The van der Waals surface area contributed by atoms with Crippen LogP contribution < -0.4 is 11.1 Å². The molecular formula is C12H18N2O3. The van der Waals surface area contributed by atoms with Gasteiger partial charge in [0.1, 0.15) is 0 Å². The van der Waals surface area contributed by atoms with Crippen molar-refractivity contribution in [2.45, 2.75) is 18.5 Å². The fourth-order valence-electron chi connectivity index (χ4n) is 1.42. The molecular weight excluding hydrogens is 220 g/mol. The van der Waals surface area contributed by atoms with E-state index in [4.69, 9.17) is 15.9 Å². The van der Waals surface area contributed by atoms with Crippen molar-refractivity contribution in [2.75, 3.05) is 13.2 Å². The van der Waals surface area contributed by atoms with E-state index in [1.807, 2.05) is 30.3 Å². The summed E-state index contributed by atoms with van der Waals surface area (Å²) in [7, 11) is 0. The standard InChI is InChI=1S/C12H18N2O3/c13-11(6-9-4-2-1-3-5-9)12(17)14-10(7-15)8-16/h1-5,10-11,15-16H,6-8,13H2,(H,14,17)/t11-/m0/s1. The third-order valence-electron chi connectivity index (χ3n) is 2.42. The van der Waals surface area contributed by atoms with E-state index in [2.05, 4.69) is 5.32 Å². The summed E-state index contributed by atoms with van der Waals surface area (Å²) in [4.78, 5) is 11.6. The zero-order valence-electron chi connectivity index (χ0n) is 9.54. The zero-order valence-corrected chi connectivity index (χ0v) is 9.54. The van der Waals surface area contributed by atoms with E-state index in [1.165, 1.54) is 0 Å². The van der Waals surface area contributed by atoms with Gasteiger partial charge in [0.2, 0.25) is 5.91 Å². The number of carbonyl (C=O) groups is 1. The number of rotatable bonds is 6. The molecule has 1 rings (SSSR count). The molecule has 5 nitrogen and oxygen atoms in total. The second-order valence-corrected chi connectivity index (χ2v) is 3.87. The number of hydrogen-bond acceptors (Lipinski definition) is 4. The summed E-state index contributed by atoms with van der Waals surface area (Å²) in [6, 6.07) is 8.10. The van der Waals surface area contributed by atoms with Crippen molar-refractivity contribution < 1.29 is 15.0 Å². The van der Waals surface area contributed by atoms with Gasteiger partial charge in [-0.05, 0) is 12.0 Å². The molecule has 0 aromatic heterocycles. The van der Waals surface area contributed by atoms with Crippen LogP contribution in [0.5, 0.6) is 0 Å². The van der Waals surface area contributed by atoms with Crippen LogP contribution in [0, 0.1) is 0 Å². The molecule has 0 saturated heterocycles. The fourth-order valence-corrected chi connectivity index (χ4v) is 1.42. The SMILES string of the molecule is N[C@@H](Cc1ccccc1)C(=O)NC(CO)CO. The minimum atomic E-state index is -0.682. The fraction of sp³-hybridized carbons (Fsp3) is 0.417. The lowest BCUT2D eigenvalue weighted by atomic mass is 10.1. The number of hydrogen-bond donors (Lipinski definition) is 4. The Labute approximate surface area is 100 Å². The molecule has 0 radical (unpaired) electrons. The predicted octanol–water partition coefficient (Wildman–Crippen LogP) is -0.974. The van der Waals surface area contributed by atoms with Gasteiger partial charge in [-0.2, -0.15) is 0 Å². The summed E-state index contributed by atoms with van der Waals surface area (Å²) < 4.78 is 0. The maximum atomic E-state index is 11.6. The molecule has 94 valence electrons. The average molecular weight is 238 g/mol. The number of aliphatic hydroxyl groups is 2. The number of aliphatic hydroxyl groups excluding tert-OH is 2. The molecule has 1 amide bonds. The molecule has 0 saturated carbocycles. The Balaban J connectivity index is 2.47. The van der Waals surface area contributed by atoms with Crippen LogP contribution >= 0.6 is 0 Å². The number of benzene rings is 1. The largest absolute Gasteiger partial charge is 0.394 e. The minimum Gasteiger partial charge on any atom is -0.394 e. The molecule has 0 aliphatic rings. The molecule has 0 bridgehead atoms. The third kappa shape index (κ3) is 4.52. The van der Waals surface area contributed by atoms with E-state index in [-0.39, 0.29) is 19.1 Å². The summed E-state index contributed by atoms with van der Waals surface area (Å²) in [6.45, 7) is -0.611. The minimum absolute atomic E-state index is 0.305. The van der Waals surface area contributed by atoms with E-state index < -0.39 is 12.1 Å². The van der Waals surface area contributed by atoms with Gasteiger partial charge < -0.3 is 21.3 Å². The van der Waals surface area contributed by atoms with Crippen molar-refractivity contribution in [3.63, 3.8) is 0 Å². The molecule has 5 N–H and O–H groups in total. The lowest BCUT2D eigenvalue weighted by Gasteiger charge is -2.17. The van der Waals surface area contributed by atoms with Crippen LogP contribution in [0.25, 0.3) is 0 Å². The first-order chi connectivity index (χ1) is 8.17. The lowest BCUT2D eigenvalue weighted by Crippen LogP contribution is -2.48. The normalized spacial score (nSPS) is 12.5. The van der Waals surface area contributed by atoms with Crippen molar-refractivity contribution in [1.82, 2.24) is 5.32 Å². The second kappa shape index (κ2) is 7.01. The van der Waals surface area contributed by atoms with Gasteiger partial charge in [0.15, 0.2) is 0 Å². The highest BCUT2D eigenvalue weighted by Crippen LogP contribution is 2.02. The monoisotopic (exact) mass is 238 g/mol. The lowest BCUT2D eigenvalue weighted by molar-refractivity contribution is -0.123. The van der Waals surface area contributed by atoms with Crippen LogP contribution in [0.15, 0.2) is 30.3 Å². The van der Waals surface area contributed by atoms with E-state index in [0.29, 0.717) is 6.42 Å². The van der Waals surface area contributed by atoms with Gasteiger partial charge in [0, 0.05) is 0 Å². The summed E-state index contributed by atoms with van der Waals surface area (Å²) in [5.74, 6) is -0.373. The Morgan fingerprint density at radius 2 is 1.82 bits per heavy atom. The first kappa shape index (κ1) is 13.6. The number of amides is 1. The zero-order chi connectivity index (χ0) is 12.7. The smallest absolute Gasteiger partial charge is 0.237 e. The van der Waals surface area contributed by atoms with Crippen molar-refractivity contribution in [1.29, 1.82) is 0 Å². The van der Waals surface area contributed by atoms with Crippen LogP contribution in [-0.4, -0.2) is 41.4 Å². The topological polar surface area (TPSA) is 95.6 Å². The van der Waals surface area contributed by atoms with Crippen LogP contribution in [0.1, 0.15) is 5.56 Å². The number of nitrogens with one attached hydrogen (secondary N) is 1. The molecule has 0 spiro atoms. The molecule has 1 atom stereocenters. The number of carbonyl (C=O) groups excluding carboxylic acids is 1. The first-order valence-electron chi connectivity index (χ1n) is 5.49. The highest BCUT2D eigenvalue weighted by molar-refractivity contribution is 5.82.